The van der Waals surface area contributed by atoms with E-state index in [2.05, 4.69) is 15.0 Å². The van der Waals surface area contributed by atoms with E-state index < -0.39 is 0 Å². The number of carbonyl (C=O) groups excluding carboxylic acids is 1. The molecule has 2 heterocycles. The largest absolute Gasteiger partial charge is 0.361 e. The van der Waals surface area contributed by atoms with Crippen LogP contribution in [0.4, 0.5) is 0 Å². The predicted octanol–water partition coefficient (Wildman–Crippen LogP) is 1.93. The minimum Gasteiger partial charge on any atom is -0.361 e. The Hall–Kier alpha value is -2.18. The number of nitrogens with zero attached hydrogens (tertiary/aromatic N) is 4. The van der Waals surface area contributed by atoms with Crippen molar-refractivity contribution in [2.45, 2.75) is 19.5 Å². The van der Waals surface area contributed by atoms with Crippen molar-refractivity contribution in [3.05, 3.63) is 53.4 Å². The molecule has 1 saturated heterocycles. The van der Waals surface area contributed by atoms with Gasteiger partial charge in [0.05, 0.1) is 5.69 Å². The molecule has 0 spiro atoms. The average molecular weight is 342 g/mol. The molecule has 6 nitrogen and oxygen atoms in total. The van der Waals surface area contributed by atoms with Gasteiger partial charge in [-0.25, -0.2) is 0 Å². The first-order chi connectivity index (χ1) is 12.0. The zero-order chi connectivity index (χ0) is 17.8. The van der Waals surface area contributed by atoms with Gasteiger partial charge < -0.3 is 9.42 Å². The van der Waals surface area contributed by atoms with E-state index in [9.17, 15) is 4.79 Å². The lowest BCUT2D eigenvalue weighted by Crippen LogP contribution is -2.50. The van der Waals surface area contributed by atoms with E-state index in [0.29, 0.717) is 0 Å². The van der Waals surface area contributed by atoms with Crippen molar-refractivity contribution >= 4 is 5.91 Å². The number of likely N-dealkylation sites (N-methyl/N-ethyl adjacent to an activating group) is 1. The standard InChI is InChI=1S/C19H26N4O2/c1-15-13-17(20-25-15)14-22-9-11-23(12-10-22)18(19(24)21(2)3)16-7-5-4-6-8-16/h4-8,13,18H,9-12,14H2,1-3H3. The molecule has 2 aromatic rings. The molecule has 3 rings (SSSR count). The summed E-state index contributed by atoms with van der Waals surface area (Å²) in [6.45, 7) is 6.24. The molecular weight excluding hydrogens is 316 g/mol. The second-order valence-electron chi connectivity index (χ2n) is 6.79. The number of aryl methyl sites for hydroxylation is 1. The van der Waals surface area contributed by atoms with Gasteiger partial charge in [-0.2, -0.15) is 0 Å². The molecule has 1 aromatic heterocycles. The zero-order valence-electron chi connectivity index (χ0n) is 15.2. The minimum atomic E-state index is -0.215. The molecule has 1 aliphatic heterocycles. The van der Waals surface area contributed by atoms with Crippen molar-refractivity contribution in [3.63, 3.8) is 0 Å². The van der Waals surface area contributed by atoms with Crippen LogP contribution in [0.2, 0.25) is 0 Å². The molecule has 0 radical (unpaired) electrons. The van der Waals surface area contributed by atoms with Crippen molar-refractivity contribution in [3.8, 4) is 0 Å². The van der Waals surface area contributed by atoms with Crippen LogP contribution >= 0.6 is 0 Å². The van der Waals surface area contributed by atoms with Crippen LogP contribution < -0.4 is 0 Å². The van der Waals surface area contributed by atoms with E-state index in [0.717, 1.165) is 49.7 Å². The Bertz CT molecular complexity index is 690. The number of benzene rings is 1. The fourth-order valence-corrected chi connectivity index (χ4v) is 3.29. The van der Waals surface area contributed by atoms with E-state index >= 15 is 0 Å². The van der Waals surface area contributed by atoms with Crippen molar-refractivity contribution < 1.29 is 9.32 Å². The average Bonchev–Trinajstić information content (AvgIpc) is 3.02. The predicted molar refractivity (Wildman–Crippen MR) is 96.0 cm³/mol. The van der Waals surface area contributed by atoms with Crippen LogP contribution in [0.5, 0.6) is 0 Å². The maximum absolute atomic E-state index is 12.8. The lowest BCUT2D eigenvalue weighted by molar-refractivity contribution is -0.135. The van der Waals surface area contributed by atoms with E-state index in [4.69, 9.17) is 4.52 Å². The molecule has 134 valence electrons. The SMILES string of the molecule is Cc1cc(CN2CCN(C(C(=O)N(C)C)c3ccccc3)CC2)no1. The van der Waals surface area contributed by atoms with Crippen molar-refractivity contribution in [2.24, 2.45) is 0 Å². The molecule has 0 aliphatic carbocycles. The quantitative estimate of drug-likeness (QED) is 0.831. The first-order valence-electron chi connectivity index (χ1n) is 8.69. The molecule has 1 amide bonds. The van der Waals surface area contributed by atoms with Gasteiger partial charge in [-0.05, 0) is 12.5 Å². The normalized spacial score (nSPS) is 17.4. The summed E-state index contributed by atoms with van der Waals surface area (Å²) < 4.78 is 5.14. The number of amides is 1. The van der Waals surface area contributed by atoms with E-state index in [1.54, 1.807) is 4.90 Å². The van der Waals surface area contributed by atoms with Crippen LogP contribution in [0.15, 0.2) is 40.9 Å². The topological polar surface area (TPSA) is 52.8 Å². The van der Waals surface area contributed by atoms with E-state index in [-0.39, 0.29) is 11.9 Å². The molecular formula is C19H26N4O2. The monoisotopic (exact) mass is 342 g/mol. The maximum atomic E-state index is 12.8. The van der Waals surface area contributed by atoms with Crippen LogP contribution in [0.25, 0.3) is 0 Å². The molecule has 1 atom stereocenters. The third-order valence-corrected chi connectivity index (χ3v) is 4.62. The minimum absolute atomic E-state index is 0.131. The van der Waals surface area contributed by atoms with Gasteiger partial charge in [0.2, 0.25) is 5.91 Å². The number of hydrogen-bond donors (Lipinski definition) is 0. The number of hydrogen-bond acceptors (Lipinski definition) is 5. The highest BCUT2D eigenvalue weighted by molar-refractivity contribution is 5.82. The highest BCUT2D eigenvalue weighted by Crippen LogP contribution is 2.24. The first-order valence-corrected chi connectivity index (χ1v) is 8.69. The van der Waals surface area contributed by atoms with Gasteiger partial charge in [0.25, 0.3) is 0 Å². The van der Waals surface area contributed by atoms with Gasteiger partial charge in [0.1, 0.15) is 11.8 Å². The summed E-state index contributed by atoms with van der Waals surface area (Å²) >= 11 is 0. The summed E-state index contributed by atoms with van der Waals surface area (Å²) in [6, 6.07) is 11.8. The summed E-state index contributed by atoms with van der Waals surface area (Å²) in [6.07, 6.45) is 0. The van der Waals surface area contributed by atoms with Crippen LogP contribution in [0.3, 0.4) is 0 Å². The number of piperazine rings is 1. The van der Waals surface area contributed by atoms with Crippen LogP contribution in [0.1, 0.15) is 23.1 Å². The van der Waals surface area contributed by atoms with E-state index in [1.807, 2.05) is 57.4 Å². The number of carbonyl (C=O) groups is 1. The second kappa shape index (κ2) is 7.80. The van der Waals surface area contributed by atoms with Gasteiger partial charge in [-0.3, -0.25) is 14.6 Å². The van der Waals surface area contributed by atoms with Gasteiger partial charge >= 0.3 is 0 Å². The van der Waals surface area contributed by atoms with E-state index in [1.165, 1.54) is 0 Å². The Morgan fingerprint density at radius 1 is 1.20 bits per heavy atom. The third-order valence-electron chi connectivity index (χ3n) is 4.62. The summed E-state index contributed by atoms with van der Waals surface area (Å²) in [7, 11) is 3.64. The Morgan fingerprint density at radius 2 is 1.88 bits per heavy atom. The third kappa shape index (κ3) is 4.27. The molecule has 1 unspecified atom stereocenters. The highest BCUT2D eigenvalue weighted by Gasteiger charge is 2.31. The van der Waals surface area contributed by atoms with Crippen LogP contribution in [0, 0.1) is 6.92 Å². The molecule has 1 aliphatic rings. The second-order valence-corrected chi connectivity index (χ2v) is 6.79. The summed E-state index contributed by atoms with van der Waals surface area (Å²) in [4.78, 5) is 19.1. The summed E-state index contributed by atoms with van der Waals surface area (Å²) in [5, 5.41) is 4.07. The number of aromatic nitrogens is 1. The van der Waals surface area contributed by atoms with Gasteiger partial charge in [-0.15, -0.1) is 0 Å². The molecule has 0 N–H and O–H groups in total. The lowest BCUT2D eigenvalue weighted by atomic mass is 10.0. The first kappa shape index (κ1) is 17.6. The molecule has 1 fully saturated rings. The van der Waals surface area contributed by atoms with Gasteiger partial charge in [0.15, 0.2) is 0 Å². The van der Waals surface area contributed by atoms with Crippen molar-refractivity contribution in [1.29, 1.82) is 0 Å². The van der Waals surface area contributed by atoms with Crippen LogP contribution in [-0.4, -0.2) is 66.0 Å². The lowest BCUT2D eigenvalue weighted by Gasteiger charge is -2.39. The molecule has 25 heavy (non-hydrogen) atoms. The van der Waals surface area contributed by atoms with Gasteiger partial charge in [0, 0.05) is 52.9 Å². The Balaban J connectivity index is 1.66. The fourth-order valence-electron chi connectivity index (χ4n) is 3.29. The summed E-state index contributed by atoms with van der Waals surface area (Å²) in [5.41, 5.74) is 2.02. The molecule has 0 saturated carbocycles. The Labute approximate surface area is 149 Å². The molecule has 0 bridgehead atoms. The van der Waals surface area contributed by atoms with Crippen molar-refractivity contribution in [1.82, 2.24) is 19.9 Å². The molecule has 6 heteroatoms. The smallest absolute Gasteiger partial charge is 0.244 e. The summed E-state index contributed by atoms with van der Waals surface area (Å²) in [5.74, 6) is 0.973. The maximum Gasteiger partial charge on any atom is 0.244 e. The van der Waals surface area contributed by atoms with Crippen LogP contribution in [-0.2, 0) is 11.3 Å². The highest BCUT2D eigenvalue weighted by atomic mass is 16.5. The fraction of sp³-hybridized carbons (Fsp3) is 0.474. The Morgan fingerprint density at radius 3 is 2.44 bits per heavy atom. The zero-order valence-corrected chi connectivity index (χ0v) is 15.2. The number of rotatable bonds is 5. The van der Waals surface area contributed by atoms with Crippen molar-refractivity contribution in [2.75, 3.05) is 40.3 Å². The Kier molecular flexibility index (Phi) is 5.50. The van der Waals surface area contributed by atoms with Gasteiger partial charge in [-0.1, -0.05) is 35.5 Å². The molecule has 1 aromatic carbocycles.